The number of hydrogen-bond acceptors (Lipinski definition) is 12. The summed E-state index contributed by atoms with van der Waals surface area (Å²) in [4.78, 5) is 70.2. The van der Waals surface area contributed by atoms with E-state index >= 15 is 0 Å². The lowest BCUT2D eigenvalue weighted by Crippen LogP contribution is -2.38. The molecule has 454 valence electrons. The number of benzene rings is 5. The van der Waals surface area contributed by atoms with Gasteiger partial charge in [-0.3, -0.25) is 4.79 Å². The number of nitrogens with zero attached hydrogens (tertiary/aromatic N) is 4. The summed E-state index contributed by atoms with van der Waals surface area (Å²) in [5.74, 6) is 0.559. The molecule has 14 nitrogen and oxygen atoms in total. The highest BCUT2D eigenvalue weighted by Crippen LogP contribution is 2.40. The van der Waals surface area contributed by atoms with Crippen LogP contribution in [0, 0.1) is 0 Å². The maximum absolute atomic E-state index is 12.5. The number of carbonyl (C=O) groups excluding carboxylic acids is 4. The number of amides is 4. The van der Waals surface area contributed by atoms with E-state index in [0.717, 1.165) is 91.6 Å². The first-order valence-electron chi connectivity index (χ1n) is 28.0. The van der Waals surface area contributed by atoms with Gasteiger partial charge in [-0.05, 0) is 193 Å². The molecule has 0 spiro atoms. The molecule has 3 heterocycles. The van der Waals surface area contributed by atoms with Crippen molar-refractivity contribution in [1.29, 1.82) is 0 Å². The molecule has 3 aliphatic rings. The smallest absolute Gasteiger partial charge is 0.410 e. The van der Waals surface area contributed by atoms with Crippen LogP contribution in [-0.2, 0) is 70.8 Å². The minimum absolute atomic E-state index is 0.0552. The summed E-state index contributed by atoms with van der Waals surface area (Å²) in [6.07, 6.45) is 3.56. The Morgan fingerprint density at radius 2 is 0.786 bits per heavy atom. The molecule has 0 radical (unpaired) electrons. The van der Waals surface area contributed by atoms with Crippen molar-refractivity contribution < 1.29 is 48.4 Å². The summed E-state index contributed by atoms with van der Waals surface area (Å²) in [7, 11) is 3.43. The van der Waals surface area contributed by atoms with Crippen LogP contribution in [0.1, 0.15) is 123 Å². The second kappa shape index (κ2) is 30.4. The molecular formula is C64H79Cl3N4O10S3. The van der Waals surface area contributed by atoms with E-state index < -0.39 is 22.8 Å². The van der Waals surface area contributed by atoms with Crippen LogP contribution in [0.2, 0.25) is 15.1 Å². The molecule has 5 aromatic carbocycles. The zero-order valence-electron chi connectivity index (χ0n) is 50.0. The highest BCUT2D eigenvalue weighted by atomic mass is 35.5. The van der Waals surface area contributed by atoms with Crippen LogP contribution in [0.15, 0.2) is 99.6 Å². The van der Waals surface area contributed by atoms with Crippen LogP contribution >= 0.6 is 70.1 Å². The second-order valence-electron chi connectivity index (χ2n) is 23.8. The number of aromatic carboxylic acids is 1. The Morgan fingerprint density at radius 3 is 1.11 bits per heavy atom. The molecule has 0 saturated heterocycles. The molecule has 84 heavy (non-hydrogen) atoms. The summed E-state index contributed by atoms with van der Waals surface area (Å²) < 4.78 is 16.6. The SMILES string of the molecule is CC(C)(C)OC(=O)N1CCc2ccc(Cl)c(SCc3ccc(C(=O)O)cc3)c2CC1.CC(C)(C)OC(=O)N1CCc2ccc(Cl)c(SCc3ccc(CO)cc3)c2CC1.CN(C)C(=O)Sc1c(Cl)ccc2c1CCN(C(=O)OC(C)(C)C)CC2. The summed E-state index contributed by atoms with van der Waals surface area (Å²) in [5, 5.41) is 20.2. The van der Waals surface area contributed by atoms with Crippen LogP contribution in [0.5, 0.6) is 0 Å². The van der Waals surface area contributed by atoms with Crippen molar-refractivity contribution in [2.24, 2.45) is 0 Å². The van der Waals surface area contributed by atoms with Crippen molar-refractivity contribution in [3.63, 3.8) is 0 Å². The molecule has 5 aromatic rings. The molecule has 0 aliphatic carbocycles. The quantitative estimate of drug-likeness (QED) is 0.106. The van der Waals surface area contributed by atoms with Gasteiger partial charge in [-0.15, -0.1) is 23.5 Å². The molecule has 0 aromatic heterocycles. The molecule has 0 fully saturated rings. The summed E-state index contributed by atoms with van der Waals surface area (Å²) in [5.41, 5.74) is 8.93. The lowest BCUT2D eigenvalue weighted by atomic mass is 10.0. The van der Waals surface area contributed by atoms with Gasteiger partial charge in [-0.2, -0.15) is 0 Å². The molecule has 0 saturated carbocycles. The third-order valence-electron chi connectivity index (χ3n) is 13.5. The second-order valence-corrected chi connectivity index (χ2v) is 27.9. The van der Waals surface area contributed by atoms with Crippen LogP contribution < -0.4 is 0 Å². The molecule has 0 unspecified atom stereocenters. The Kier molecular flexibility index (Phi) is 24.5. The molecule has 0 atom stereocenters. The maximum Gasteiger partial charge on any atom is 0.410 e. The number of hydrogen-bond donors (Lipinski definition) is 2. The number of aliphatic hydroxyl groups excluding tert-OH is 1. The van der Waals surface area contributed by atoms with Gasteiger partial charge in [0.25, 0.3) is 5.24 Å². The van der Waals surface area contributed by atoms with E-state index in [4.69, 9.17) is 54.1 Å². The van der Waals surface area contributed by atoms with Crippen molar-refractivity contribution in [3.05, 3.63) is 156 Å². The van der Waals surface area contributed by atoms with E-state index in [1.54, 1.807) is 64.5 Å². The molecule has 20 heteroatoms. The van der Waals surface area contributed by atoms with Crippen LogP contribution in [0.3, 0.4) is 0 Å². The van der Waals surface area contributed by atoms with E-state index in [-0.39, 0.29) is 35.7 Å². The lowest BCUT2D eigenvalue weighted by Gasteiger charge is -2.26. The van der Waals surface area contributed by atoms with E-state index in [1.165, 1.54) is 32.7 Å². The van der Waals surface area contributed by atoms with Gasteiger partial charge in [0.1, 0.15) is 16.8 Å². The fourth-order valence-electron chi connectivity index (χ4n) is 9.21. The van der Waals surface area contributed by atoms with E-state index in [2.05, 4.69) is 6.07 Å². The third kappa shape index (κ3) is 20.4. The average Bonchev–Trinajstić information content (AvgIpc) is 4.13. The van der Waals surface area contributed by atoms with Gasteiger partial charge in [0.2, 0.25) is 0 Å². The van der Waals surface area contributed by atoms with Gasteiger partial charge >= 0.3 is 24.2 Å². The number of thioether (sulfide) groups is 3. The highest BCUT2D eigenvalue weighted by molar-refractivity contribution is 8.13. The number of aliphatic hydroxyl groups is 1. The standard InChI is InChI=1S/C23H26ClNO4S.C23H28ClNO3S.C18H25ClN2O3S/c1-23(2,3)29-22(28)25-12-10-16-8-9-19(24)20(18(16)11-13-25)30-14-15-4-6-17(7-5-15)21(26)27;1-23(2,3)28-22(27)25-12-10-18-8-9-20(24)21(19(18)11-13-25)29-15-17-6-4-16(14-26)5-7-17;1-18(2,3)24-16(22)21-10-8-12-6-7-14(19)15(13(12)9-11-21)25-17(23)20(4)5/h4-9H,10-14H2,1-3H3,(H,26,27);4-9,26H,10-15H2,1-3H3;6-7H,8-11H2,1-5H3. The van der Waals surface area contributed by atoms with E-state index in [0.29, 0.717) is 61.5 Å². The zero-order chi connectivity index (χ0) is 61.7. The first-order valence-corrected chi connectivity index (χ1v) is 31.9. The fourth-order valence-corrected chi connectivity index (χ4v) is 13.3. The minimum atomic E-state index is -0.930. The summed E-state index contributed by atoms with van der Waals surface area (Å²) in [6.45, 7) is 20.5. The third-order valence-corrected chi connectivity index (χ3v) is 18.4. The normalized spacial score (nSPS) is 14.3. The predicted molar refractivity (Wildman–Crippen MR) is 340 cm³/mol. The lowest BCUT2D eigenvalue weighted by molar-refractivity contribution is 0.0247. The van der Waals surface area contributed by atoms with Gasteiger partial charge < -0.3 is 44.0 Å². The van der Waals surface area contributed by atoms with Crippen LogP contribution in [0.4, 0.5) is 19.2 Å². The Balaban J connectivity index is 0.000000203. The fraction of sp³-hybridized carbons (Fsp3) is 0.453. The van der Waals surface area contributed by atoms with Crippen LogP contribution in [-0.4, -0.2) is 129 Å². The van der Waals surface area contributed by atoms with Gasteiger partial charge in [0, 0.05) is 79.6 Å². The van der Waals surface area contributed by atoms with Gasteiger partial charge in [-0.1, -0.05) is 89.4 Å². The summed E-state index contributed by atoms with van der Waals surface area (Å²) in [6, 6.07) is 26.7. The van der Waals surface area contributed by atoms with Crippen molar-refractivity contribution in [3.8, 4) is 0 Å². The Morgan fingerprint density at radius 1 is 0.476 bits per heavy atom. The van der Waals surface area contributed by atoms with Crippen molar-refractivity contribution in [1.82, 2.24) is 19.6 Å². The molecule has 2 N–H and O–H groups in total. The molecule has 3 aliphatic heterocycles. The van der Waals surface area contributed by atoms with Crippen molar-refractivity contribution in [2.75, 3.05) is 53.4 Å². The van der Waals surface area contributed by atoms with Gasteiger partial charge in [-0.25, -0.2) is 19.2 Å². The topological polar surface area (TPSA) is 166 Å². The number of carbonyl (C=O) groups is 5. The number of ether oxygens (including phenoxy) is 3. The Labute approximate surface area is 523 Å². The monoisotopic (exact) mass is 1260 g/mol. The molecule has 0 bridgehead atoms. The van der Waals surface area contributed by atoms with Gasteiger partial charge in [0.05, 0.1) is 27.2 Å². The van der Waals surface area contributed by atoms with Gasteiger partial charge in [0.15, 0.2) is 0 Å². The van der Waals surface area contributed by atoms with Crippen LogP contribution in [0.25, 0.3) is 0 Å². The first-order chi connectivity index (χ1) is 39.5. The van der Waals surface area contributed by atoms with E-state index in [9.17, 15) is 29.1 Å². The number of carboxylic acids is 1. The largest absolute Gasteiger partial charge is 0.478 e. The number of carboxylic acid groups (broad SMARTS) is 1. The number of rotatable bonds is 9. The molecule has 8 rings (SSSR count). The molecular weight excluding hydrogens is 1190 g/mol. The number of halogens is 3. The van der Waals surface area contributed by atoms with Crippen molar-refractivity contribution >= 4 is 99.6 Å². The predicted octanol–water partition coefficient (Wildman–Crippen LogP) is 15.6. The highest BCUT2D eigenvalue weighted by Gasteiger charge is 2.30. The minimum Gasteiger partial charge on any atom is -0.478 e. The first kappa shape index (κ1) is 67.9. The molecule has 4 amide bonds. The number of fused-ring (bicyclic) bond motifs is 3. The van der Waals surface area contributed by atoms with Crippen molar-refractivity contribution in [2.45, 2.75) is 150 Å². The Hall–Kier alpha value is -5.27. The summed E-state index contributed by atoms with van der Waals surface area (Å²) >= 11 is 24.0. The maximum atomic E-state index is 12.5. The zero-order valence-corrected chi connectivity index (χ0v) is 54.7. The Bertz CT molecular complexity index is 3120. The average molecular weight is 1270 g/mol. The van der Waals surface area contributed by atoms with E-state index in [1.807, 2.05) is 129 Å².